The van der Waals surface area contributed by atoms with Gasteiger partial charge in [-0.05, 0) is 202 Å². The fourth-order valence-electron chi connectivity index (χ4n) is 12.9. The standard InChI is InChI=1S/C25H26N6O.2C19H19N3O2.C15H16N2O2.C15H15NO2.C6H9N3.C4H9NO.ClH.HNO2.2Na.H2O/c1-16(2)25-29-15-30-31(25)22-10-19(23-7-5-17(3)12-28-23)9-20(11-22)24(32)8-6-21-14-26-18(4)13-27-21;2*1-12(2)18-20-11-21-22(18)17-9-15(8-16(10-17)19(23)24)14-6-4-13(3)5-7-14;1-10-3-5-11(6-4-10)12-7-13(15(18)19-2)9-14(8-12)17-16;1-10-3-5-11(6-4-10)12-7-13(15(17)18-2)9-14(16)8-12;1-5-3-9-6(2-7)4-8-5;1-3(2)4(5)6;;2-1-3;;;/h5,7,9-16H,6,8H2,1-4H3;2*4-12H,1-3H3,(H,23,24);3-9,17H,16H2,1-2H3;3-9H,16H2,1-2H3;3-4H,2,7H2,1H3;3H,1-2H3,(H2,5,6);1H;(H,2,3);;;1H2/q;;;;;;;;;2*+1;/p-2. The first-order valence-corrected chi connectivity index (χ1v) is 43.0. The number of amides is 1. The summed E-state index contributed by atoms with van der Waals surface area (Å²) in [5.41, 5.74) is 42.3. The number of halogens is 1. The van der Waals surface area contributed by atoms with E-state index in [1.54, 1.807) is 108 Å². The molecule has 9 aromatic carbocycles. The molecule has 15 rings (SSSR count). The zero-order chi connectivity index (χ0) is 98.7. The number of carboxylic acid groups (broad SMARTS) is 2. The number of ether oxygens (including phenoxy) is 2. The predicted molar refractivity (Wildman–Crippen MR) is 533 cm³/mol. The normalized spacial score (nSPS) is 10.2. The Kier molecular flexibility index (Phi) is 48.8. The van der Waals surface area contributed by atoms with Crippen LogP contribution in [0.4, 0.5) is 11.4 Å². The second-order valence-corrected chi connectivity index (χ2v) is 32.5. The summed E-state index contributed by atoms with van der Waals surface area (Å²) in [5.74, 6) is 5.53. The number of pyridine rings is 1. The van der Waals surface area contributed by atoms with Crippen molar-refractivity contribution in [3.8, 4) is 72.8 Å². The van der Waals surface area contributed by atoms with E-state index in [0.29, 0.717) is 58.8 Å². The number of hydrazine groups is 1. The number of Topliss-reactive ketones (excluding diaryl/α,β-unsaturated/α-hetero) is 1. The number of carbonyl (C=O) groups is 6. The van der Waals surface area contributed by atoms with Crippen molar-refractivity contribution in [2.45, 2.75) is 141 Å². The maximum atomic E-state index is 13.1. The van der Waals surface area contributed by atoms with Gasteiger partial charge in [0.15, 0.2) is 5.78 Å². The third kappa shape index (κ3) is 35.8. The van der Waals surface area contributed by atoms with Gasteiger partial charge in [-0.25, -0.2) is 48.2 Å². The number of benzene rings is 9. The second-order valence-electron chi connectivity index (χ2n) is 32.5. The van der Waals surface area contributed by atoms with E-state index in [1.807, 2.05) is 234 Å². The van der Waals surface area contributed by atoms with Crippen molar-refractivity contribution in [2.75, 3.05) is 25.4 Å². The van der Waals surface area contributed by atoms with E-state index in [4.69, 9.17) is 42.6 Å². The second kappa shape index (κ2) is 57.8. The molecule has 6 heterocycles. The molecule has 0 aliphatic carbocycles. The van der Waals surface area contributed by atoms with Crippen LogP contribution < -0.4 is 87.6 Å². The molecule has 0 saturated heterocycles. The Balaban J connectivity index is 0.000000348. The predicted octanol–water partition coefficient (Wildman–Crippen LogP) is 13.4. The topological polar surface area (TPSA) is 517 Å². The summed E-state index contributed by atoms with van der Waals surface area (Å²) >= 11 is 0. The van der Waals surface area contributed by atoms with Gasteiger partial charge in [-0.15, -0.1) is 17.7 Å². The molecule has 0 fully saturated rings. The summed E-state index contributed by atoms with van der Waals surface area (Å²) in [6.07, 6.45) is 14.1. The average molecular weight is 1920 g/mol. The average Bonchev–Trinajstić information content (AvgIpc) is 1.67. The Morgan fingerprint density at radius 3 is 1.07 bits per heavy atom. The number of aryl methyl sites for hydroxylation is 8. The molecule has 0 aliphatic rings. The Hall–Kier alpha value is -14.1. The van der Waals surface area contributed by atoms with Crippen molar-refractivity contribution >= 4 is 59.3 Å². The van der Waals surface area contributed by atoms with E-state index in [0.717, 1.165) is 124 Å². The van der Waals surface area contributed by atoms with Crippen LogP contribution in [0.5, 0.6) is 0 Å². The number of ketones is 1. The number of nitrogens with two attached hydrogens (primary N) is 4. The summed E-state index contributed by atoms with van der Waals surface area (Å²) in [6.45, 7) is 30.1. The van der Waals surface area contributed by atoms with Gasteiger partial charge in [-0.1, -0.05) is 181 Å². The number of nitrogen functional groups attached to an aromatic ring is 2. The van der Waals surface area contributed by atoms with Gasteiger partial charge in [0.2, 0.25) is 5.91 Å². The van der Waals surface area contributed by atoms with Crippen LogP contribution in [0, 0.1) is 64.5 Å². The molecule has 0 radical (unpaired) electrons. The third-order valence-corrected chi connectivity index (χ3v) is 20.3. The van der Waals surface area contributed by atoms with Crippen LogP contribution in [0.2, 0.25) is 0 Å². The van der Waals surface area contributed by atoms with Crippen molar-refractivity contribution in [1.29, 1.82) is 0 Å². The summed E-state index contributed by atoms with van der Waals surface area (Å²) in [5, 5.41) is 40.9. The Labute approximate surface area is 858 Å². The molecule has 0 atom stereocenters. The van der Waals surface area contributed by atoms with Crippen LogP contribution in [0.1, 0.15) is 199 Å². The van der Waals surface area contributed by atoms with Gasteiger partial charge in [-0.3, -0.25) is 40.4 Å². The summed E-state index contributed by atoms with van der Waals surface area (Å²) < 4.78 is 14.6. The van der Waals surface area contributed by atoms with E-state index in [-0.39, 0.29) is 135 Å². The zero-order valence-electron chi connectivity index (χ0n) is 81.5. The van der Waals surface area contributed by atoms with E-state index >= 15 is 0 Å². The zero-order valence-corrected chi connectivity index (χ0v) is 86.3. The third-order valence-electron chi connectivity index (χ3n) is 20.3. The first kappa shape index (κ1) is 117. The Morgan fingerprint density at radius 2 is 0.748 bits per heavy atom. The number of esters is 2. The fourth-order valence-corrected chi connectivity index (χ4v) is 12.9. The molecule has 36 heteroatoms. The number of aromatic carboxylic acids is 2. The number of nitrogens with one attached hydrogen (secondary N) is 1. The SMILES string of the molecule is CC(C)C(N)=O.COC(=O)c1cc(N)cc(-c2ccc(C)cc2)c1.COC(=O)c1cc(NN)cc(-c2ccc(C)cc2)c1.Cc1ccc(-c2cc(C(=O)CCc3cnc(C)cn3)cc(-n3ncnc3C(C)C)c2)nc1.Cc1ccc(-c2cc(C(=O)O)cc(-n3ncnc3C(C)C)c2)cc1.Cc1ccc(-c2cc(C(=O)O)cc(-n3ncnc3C(C)C)c2)cc1.Cc1cnc(CN)cn1.Cl.O=N[O-].[Na+].[Na+].[OH-]. The number of rotatable bonds is 22. The summed E-state index contributed by atoms with van der Waals surface area (Å²) in [6, 6.07) is 63.0. The number of carboxylic acids is 2. The maximum Gasteiger partial charge on any atom is 1.00 e. The smallest absolute Gasteiger partial charge is 0.870 e. The number of nitrogens with zero attached hydrogens (tertiary/aromatic N) is 15. The molecule has 0 saturated carbocycles. The van der Waals surface area contributed by atoms with Crippen LogP contribution in [-0.2, 0) is 27.2 Å². The molecule has 33 nitrogen and oxygen atoms in total. The number of carbonyl (C=O) groups excluding carboxylic acids is 4. The molecular formula is C103H115ClN20Na2O13. The van der Waals surface area contributed by atoms with Crippen molar-refractivity contribution in [2.24, 2.45) is 28.6 Å². The van der Waals surface area contributed by atoms with Crippen molar-refractivity contribution < 1.29 is 113 Å². The molecule has 0 unspecified atom stereocenters. The van der Waals surface area contributed by atoms with Crippen LogP contribution in [0.25, 0.3) is 72.8 Å². The number of primary amides is 1. The Morgan fingerprint density at radius 1 is 0.417 bits per heavy atom. The Bertz CT molecular complexity index is 6340. The van der Waals surface area contributed by atoms with E-state index in [2.05, 4.69) is 74.4 Å². The van der Waals surface area contributed by atoms with Crippen LogP contribution >= 0.6 is 12.4 Å². The van der Waals surface area contributed by atoms with Gasteiger partial charge in [0, 0.05) is 90.1 Å². The monoisotopic (exact) mass is 1920 g/mol. The van der Waals surface area contributed by atoms with Crippen molar-refractivity contribution in [3.63, 3.8) is 0 Å². The minimum atomic E-state index is -0.962. The van der Waals surface area contributed by atoms with Gasteiger partial charge in [-0.2, -0.15) is 15.3 Å². The van der Waals surface area contributed by atoms with Gasteiger partial charge < -0.3 is 57.9 Å². The minimum Gasteiger partial charge on any atom is -0.870 e. The number of hydrogen-bond acceptors (Lipinski definition) is 27. The first-order valence-electron chi connectivity index (χ1n) is 43.0. The maximum absolute atomic E-state index is 13.1. The van der Waals surface area contributed by atoms with E-state index in [9.17, 15) is 39.0 Å². The van der Waals surface area contributed by atoms with E-state index in [1.165, 1.54) is 38.0 Å². The number of aromatic nitrogens is 14. The minimum absolute atomic E-state index is 0. The summed E-state index contributed by atoms with van der Waals surface area (Å²) in [7, 11) is 2.72. The van der Waals surface area contributed by atoms with Gasteiger partial charge in [0.1, 0.15) is 36.5 Å². The fraction of sp³-hybridized carbons (Fsp3) is 0.233. The molecule has 714 valence electrons. The van der Waals surface area contributed by atoms with Gasteiger partial charge >= 0.3 is 83.0 Å². The quantitative estimate of drug-likeness (QED) is 0.00630. The van der Waals surface area contributed by atoms with Gasteiger partial charge in [0.05, 0.1) is 82.0 Å². The molecule has 139 heavy (non-hydrogen) atoms. The molecule has 0 spiro atoms. The molecule has 15 aromatic rings. The first-order chi connectivity index (χ1) is 64.4. The van der Waals surface area contributed by atoms with Gasteiger partial charge in [0.25, 0.3) is 0 Å². The van der Waals surface area contributed by atoms with E-state index < -0.39 is 11.9 Å². The molecule has 6 aromatic heterocycles. The molecule has 1 amide bonds. The van der Waals surface area contributed by atoms with Crippen LogP contribution in [0.15, 0.2) is 255 Å². The molecular weight excluding hydrogens is 1810 g/mol. The molecule has 0 aliphatic heterocycles. The molecule has 12 N–H and O–H groups in total. The largest absolute Gasteiger partial charge is 1.00 e. The van der Waals surface area contributed by atoms with Crippen LogP contribution in [-0.4, -0.2) is 135 Å². The van der Waals surface area contributed by atoms with Crippen molar-refractivity contribution in [1.82, 2.24) is 69.2 Å². The summed E-state index contributed by atoms with van der Waals surface area (Å²) in [4.78, 5) is 111. The number of anilines is 2. The van der Waals surface area contributed by atoms with Crippen molar-refractivity contribution in [3.05, 3.63) is 356 Å². The number of methoxy groups -OCH3 is 2. The molecule has 0 bridgehead atoms. The number of hydrogen-bond donors (Lipinski definition) is 7. The van der Waals surface area contributed by atoms with Crippen LogP contribution in [0.3, 0.4) is 0 Å².